The second-order valence-corrected chi connectivity index (χ2v) is 9.22. The molecule has 5 aromatic heterocycles. The Labute approximate surface area is 219 Å². The van der Waals surface area contributed by atoms with Gasteiger partial charge in [0.25, 0.3) is 5.91 Å². The number of nitrogens with zero attached hydrogens (tertiary/aromatic N) is 8. The van der Waals surface area contributed by atoms with Gasteiger partial charge in [0.2, 0.25) is 0 Å². The highest BCUT2D eigenvalue weighted by Gasteiger charge is 2.36. The second-order valence-electron chi connectivity index (χ2n) is 9.22. The number of piperazine rings is 1. The Morgan fingerprint density at radius 2 is 1.97 bits per heavy atom. The Hall–Kier alpha value is -4.75. The summed E-state index contributed by atoms with van der Waals surface area (Å²) < 4.78 is 46.5. The maximum Gasteiger partial charge on any atom is 0.417 e. The molecule has 0 spiro atoms. The van der Waals surface area contributed by atoms with E-state index in [1.807, 2.05) is 4.90 Å². The number of rotatable bonds is 4. The molecule has 39 heavy (non-hydrogen) atoms. The lowest BCUT2D eigenvalue weighted by molar-refractivity contribution is -0.137. The van der Waals surface area contributed by atoms with Crippen molar-refractivity contribution in [3.8, 4) is 11.5 Å². The molecule has 6 heterocycles. The van der Waals surface area contributed by atoms with Crippen LogP contribution in [0.1, 0.15) is 39.0 Å². The molecule has 1 aliphatic rings. The molecule has 0 aliphatic carbocycles. The molecule has 1 fully saturated rings. The third-order valence-corrected chi connectivity index (χ3v) is 6.82. The van der Waals surface area contributed by atoms with Crippen LogP contribution in [0.3, 0.4) is 0 Å². The van der Waals surface area contributed by atoms with Crippen molar-refractivity contribution in [3.05, 3.63) is 77.3 Å². The summed E-state index contributed by atoms with van der Waals surface area (Å²) in [4.78, 5) is 30.5. The zero-order valence-corrected chi connectivity index (χ0v) is 20.8. The van der Waals surface area contributed by atoms with E-state index < -0.39 is 11.7 Å². The van der Waals surface area contributed by atoms with E-state index in [1.165, 1.54) is 16.7 Å². The van der Waals surface area contributed by atoms with Crippen molar-refractivity contribution in [3.63, 3.8) is 0 Å². The normalized spacial score (nSPS) is 16.3. The summed E-state index contributed by atoms with van der Waals surface area (Å²) >= 11 is 0. The average Bonchev–Trinajstić information content (AvgIpc) is 3.68. The number of anilines is 1. The predicted octanol–water partition coefficient (Wildman–Crippen LogP) is 3.84. The lowest BCUT2D eigenvalue weighted by Crippen LogP contribution is -2.51. The van der Waals surface area contributed by atoms with Crippen molar-refractivity contribution in [1.82, 2.24) is 39.6 Å². The first kappa shape index (κ1) is 24.6. The minimum Gasteiger partial charge on any atom is -0.361 e. The summed E-state index contributed by atoms with van der Waals surface area (Å²) in [7, 11) is 0. The zero-order valence-electron chi connectivity index (χ0n) is 20.8. The highest BCUT2D eigenvalue weighted by molar-refractivity contribution is 5.96. The first-order valence-corrected chi connectivity index (χ1v) is 12.1. The van der Waals surface area contributed by atoms with Crippen LogP contribution in [0.25, 0.3) is 17.2 Å². The molecular formula is C25H22F3N9O2. The Kier molecular flexibility index (Phi) is 5.81. The van der Waals surface area contributed by atoms with E-state index in [-0.39, 0.29) is 17.8 Å². The van der Waals surface area contributed by atoms with Gasteiger partial charge in [-0.1, -0.05) is 5.16 Å². The molecule has 1 N–H and O–H groups in total. The number of fused-ring (bicyclic) bond motifs is 1. The standard InChI is InChI=1S/C25H22F3N9O2/c1-14-22(15(2)39-34-14)24(38)36-8-7-35(13-19(36)16-9-31-32-10-16)21-5-6-29-23(33-21)18-11-30-20-4-3-17(12-37(18)20)25(26,27)28/h3-6,9-12,19H,7-8,13H2,1-2H3,(H,31,32). The lowest BCUT2D eigenvalue weighted by Gasteiger charge is -2.41. The SMILES string of the molecule is Cc1noc(C)c1C(=O)N1CCN(c2ccnc(-c3cnc4ccc(C(F)(F)F)cn34)n2)CC1c1cn[nH]c1. The minimum absolute atomic E-state index is 0.188. The molecule has 1 saturated heterocycles. The van der Waals surface area contributed by atoms with Crippen molar-refractivity contribution in [2.75, 3.05) is 24.5 Å². The molecule has 0 radical (unpaired) electrons. The van der Waals surface area contributed by atoms with Crippen molar-refractivity contribution in [1.29, 1.82) is 0 Å². The largest absolute Gasteiger partial charge is 0.417 e. The van der Waals surface area contributed by atoms with Gasteiger partial charge in [-0.05, 0) is 32.0 Å². The van der Waals surface area contributed by atoms with Crippen LogP contribution in [0.2, 0.25) is 0 Å². The maximum absolute atomic E-state index is 13.5. The summed E-state index contributed by atoms with van der Waals surface area (Å²) in [6, 6.07) is 3.66. The van der Waals surface area contributed by atoms with Gasteiger partial charge in [0.05, 0.1) is 29.7 Å². The fourth-order valence-corrected chi connectivity index (χ4v) is 4.86. The highest BCUT2D eigenvalue weighted by Crippen LogP contribution is 2.32. The number of halogens is 3. The molecule has 5 aromatic rings. The molecule has 1 unspecified atom stereocenters. The summed E-state index contributed by atoms with van der Waals surface area (Å²) in [6.45, 7) is 4.67. The molecule has 14 heteroatoms. The number of nitrogens with one attached hydrogen (secondary N) is 1. The van der Waals surface area contributed by atoms with Crippen LogP contribution in [-0.2, 0) is 6.18 Å². The number of aromatic amines is 1. The number of aromatic nitrogens is 7. The number of carbonyl (C=O) groups excluding carboxylic acids is 1. The molecule has 1 aliphatic heterocycles. The van der Waals surface area contributed by atoms with Crippen molar-refractivity contribution < 1.29 is 22.5 Å². The molecule has 0 saturated carbocycles. The van der Waals surface area contributed by atoms with Crippen LogP contribution in [-0.4, -0.2) is 65.1 Å². The van der Waals surface area contributed by atoms with Gasteiger partial charge < -0.3 is 14.3 Å². The van der Waals surface area contributed by atoms with Gasteiger partial charge in [0.15, 0.2) is 5.82 Å². The van der Waals surface area contributed by atoms with Gasteiger partial charge in [0.1, 0.15) is 28.5 Å². The van der Waals surface area contributed by atoms with Crippen LogP contribution in [0, 0.1) is 13.8 Å². The van der Waals surface area contributed by atoms with E-state index in [1.54, 1.807) is 43.4 Å². The maximum atomic E-state index is 13.5. The smallest absolute Gasteiger partial charge is 0.361 e. The minimum atomic E-state index is -4.50. The Bertz CT molecular complexity index is 1640. The summed E-state index contributed by atoms with van der Waals surface area (Å²) in [6.07, 6.45) is 2.90. The van der Waals surface area contributed by atoms with Gasteiger partial charge in [-0.15, -0.1) is 0 Å². The van der Waals surface area contributed by atoms with E-state index in [9.17, 15) is 18.0 Å². The first-order chi connectivity index (χ1) is 18.7. The van der Waals surface area contributed by atoms with Crippen molar-refractivity contribution >= 4 is 17.4 Å². The van der Waals surface area contributed by atoms with E-state index in [0.717, 1.165) is 17.8 Å². The number of H-pyrrole nitrogens is 1. The topological polar surface area (TPSA) is 121 Å². The number of pyridine rings is 1. The van der Waals surface area contributed by atoms with Crippen LogP contribution in [0.4, 0.5) is 19.0 Å². The Morgan fingerprint density at radius 3 is 2.69 bits per heavy atom. The monoisotopic (exact) mass is 537 g/mol. The first-order valence-electron chi connectivity index (χ1n) is 12.1. The molecule has 11 nitrogen and oxygen atoms in total. The van der Waals surface area contributed by atoms with Gasteiger partial charge in [-0.25, -0.2) is 15.0 Å². The number of hydrogen-bond donors (Lipinski definition) is 1. The van der Waals surface area contributed by atoms with Gasteiger partial charge in [-0.2, -0.15) is 18.3 Å². The molecule has 0 aromatic carbocycles. The third kappa shape index (κ3) is 4.36. The Balaban J connectivity index is 1.32. The van der Waals surface area contributed by atoms with Crippen molar-refractivity contribution in [2.24, 2.45) is 0 Å². The number of imidazole rings is 1. The summed E-state index contributed by atoms with van der Waals surface area (Å²) in [5.74, 6) is 1.06. The number of aryl methyl sites for hydroxylation is 2. The molecule has 0 bridgehead atoms. The zero-order chi connectivity index (χ0) is 27.3. The van der Waals surface area contributed by atoms with Crippen LogP contribution < -0.4 is 4.90 Å². The van der Waals surface area contributed by atoms with Gasteiger partial charge in [-0.3, -0.25) is 14.3 Å². The summed E-state index contributed by atoms with van der Waals surface area (Å²) in [5, 5.41) is 10.8. The second kappa shape index (κ2) is 9.22. The number of alkyl halides is 3. The quantitative estimate of drug-likeness (QED) is 0.367. The third-order valence-electron chi connectivity index (χ3n) is 6.82. The molecular weight excluding hydrogens is 515 g/mol. The van der Waals surface area contributed by atoms with Gasteiger partial charge in [0, 0.05) is 43.8 Å². The fraction of sp³-hybridized carbons (Fsp3) is 0.280. The fourth-order valence-electron chi connectivity index (χ4n) is 4.86. The average molecular weight is 538 g/mol. The number of amides is 1. The van der Waals surface area contributed by atoms with Gasteiger partial charge >= 0.3 is 6.18 Å². The van der Waals surface area contributed by atoms with Crippen LogP contribution in [0.5, 0.6) is 0 Å². The molecule has 6 rings (SSSR count). The lowest BCUT2D eigenvalue weighted by atomic mass is 10.0. The van der Waals surface area contributed by atoms with E-state index >= 15 is 0 Å². The highest BCUT2D eigenvalue weighted by atomic mass is 19.4. The number of hydrogen-bond acceptors (Lipinski definition) is 8. The number of carbonyl (C=O) groups is 1. The Morgan fingerprint density at radius 1 is 1.13 bits per heavy atom. The summed E-state index contributed by atoms with van der Waals surface area (Å²) in [5.41, 5.74) is 1.65. The molecule has 1 amide bonds. The van der Waals surface area contributed by atoms with E-state index in [0.29, 0.717) is 53.8 Å². The van der Waals surface area contributed by atoms with Crippen molar-refractivity contribution in [2.45, 2.75) is 26.1 Å². The van der Waals surface area contributed by atoms with E-state index in [4.69, 9.17) is 4.52 Å². The molecule has 200 valence electrons. The molecule has 1 atom stereocenters. The van der Waals surface area contributed by atoms with Crippen LogP contribution in [0.15, 0.2) is 53.7 Å². The van der Waals surface area contributed by atoms with Crippen LogP contribution >= 0.6 is 0 Å². The van der Waals surface area contributed by atoms with E-state index in [2.05, 4.69) is 30.3 Å². The predicted molar refractivity (Wildman–Crippen MR) is 132 cm³/mol.